The van der Waals surface area contributed by atoms with E-state index in [4.69, 9.17) is 16.7 Å². The van der Waals surface area contributed by atoms with Gasteiger partial charge < -0.3 is 10.4 Å². The molecule has 0 aliphatic heterocycles. The van der Waals surface area contributed by atoms with Gasteiger partial charge in [0.2, 0.25) is 10.0 Å². The molecule has 2 aromatic rings. The second-order valence-electron chi connectivity index (χ2n) is 6.11. The van der Waals surface area contributed by atoms with Crippen molar-refractivity contribution in [2.45, 2.75) is 36.8 Å². The Morgan fingerprint density at radius 2 is 1.85 bits per heavy atom. The third kappa shape index (κ3) is 7.23. The van der Waals surface area contributed by atoms with Crippen LogP contribution in [0.4, 0.5) is 0 Å². The molecule has 0 amide bonds. The van der Waals surface area contributed by atoms with Crippen molar-refractivity contribution >= 4 is 34.0 Å². The second kappa shape index (κ2) is 10.3. The number of hydrogen-bond donors (Lipinski definition) is 3. The van der Waals surface area contributed by atoms with E-state index in [1.807, 2.05) is 25.1 Å². The summed E-state index contributed by atoms with van der Waals surface area (Å²) in [6.45, 7) is 2.34. The standard InChI is InChI=1S/C18H23ClN2O3S.ClH/c1-13(7-8-14-5-3-2-4-6-14)21-12-18(22)15-9-16(19)11-17(10-15)25(20,23)24;/h2-6,9-11,13,18,21-22H,7-8,12H2,1H3,(H2,20,23,24);1H. The molecule has 2 rings (SSSR count). The van der Waals surface area contributed by atoms with Gasteiger partial charge in [0, 0.05) is 17.6 Å². The highest BCUT2D eigenvalue weighted by Crippen LogP contribution is 2.22. The van der Waals surface area contributed by atoms with Gasteiger partial charge in [0.15, 0.2) is 0 Å². The summed E-state index contributed by atoms with van der Waals surface area (Å²) in [4.78, 5) is -0.105. The van der Waals surface area contributed by atoms with Crippen molar-refractivity contribution in [1.82, 2.24) is 5.32 Å². The minimum atomic E-state index is -3.87. The molecule has 0 aliphatic rings. The van der Waals surface area contributed by atoms with Crippen LogP contribution in [-0.2, 0) is 16.4 Å². The van der Waals surface area contributed by atoms with E-state index < -0.39 is 16.1 Å². The van der Waals surface area contributed by atoms with Gasteiger partial charge in [-0.2, -0.15) is 0 Å². The molecule has 8 heteroatoms. The summed E-state index contributed by atoms with van der Waals surface area (Å²) in [5, 5.41) is 18.9. The van der Waals surface area contributed by atoms with Crippen LogP contribution in [0.15, 0.2) is 53.4 Å². The number of halogens is 2. The topological polar surface area (TPSA) is 92.4 Å². The molecule has 144 valence electrons. The fraction of sp³-hybridized carbons (Fsp3) is 0.333. The summed E-state index contributed by atoms with van der Waals surface area (Å²) in [6.07, 6.45) is 0.991. The third-order valence-electron chi connectivity index (χ3n) is 3.98. The number of aliphatic hydroxyl groups is 1. The zero-order valence-corrected chi connectivity index (χ0v) is 16.8. The van der Waals surface area contributed by atoms with Crippen LogP contribution in [0.2, 0.25) is 5.02 Å². The largest absolute Gasteiger partial charge is 0.387 e. The van der Waals surface area contributed by atoms with E-state index in [1.54, 1.807) is 0 Å². The van der Waals surface area contributed by atoms with Crippen molar-refractivity contribution in [2.75, 3.05) is 6.54 Å². The van der Waals surface area contributed by atoms with Crippen LogP contribution in [0.1, 0.15) is 30.6 Å². The quantitative estimate of drug-likeness (QED) is 0.613. The first-order valence-corrected chi connectivity index (χ1v) is 9.97. The van der Waals surface area contributed by atoms with Crippen LogP contribution in [0.25, 0.3) is 0 Å². The van der Waals surface area contributed by atoms with Gasteiger partial charge in [-0.1, -0.05) is 41.9 Å². The first-order chi connectivity index (χ1) is 11.8. The summed E-state index contributed by atoms with van der Waals surface area (Å²) >= 11 is 5.93. The monoisotopic (exact) mass is 418 g/mol. The van der Waals surface area contributed by atoms with Crippen LogP contribution in [-0.4, -0.2) is 26.1 Å². The Morgan fingerprint density at radius 3 is 2.46 bits per heavy atom. The maximum absolute atomic E-state index is 11.5. The molecule has 4 N–H and O–H groups in total. The SMILES string of the molecule is CC(CCc1ccccc1)NCC(O)c1cc(Cl)cc(S(N)(=O)=O)c1.Cl. The molecule has 5 nitrogen and oxygen atoms in total. The Labute approximate surface area is 166 Å². The van der Waals surface area contributed by atoms with E-state index in [0.717, 1.165) is 12.8 Å². The van der Waals surface area contributed by atoms with Crippen LogP contribution >= 0.6 is 24.0 Å². The molecule has 2 aromatic carbocycles. The molecular weight excluding hydrogens is 395 g/mol. The molecule has 0 fully saturated rings. The van der Waals surface area contributed by atoms with Gasteiger partial charge in [-0.25, -0.2) is 13.6 Å². The Hall–Kier alpha value is -1.15. The number of nitrogens with one attached hydrogen (secondary N) is 1. The maximum atomic E-state index is 11.5. The summed E-state index contributed by atoms with van der Waals surface area (Å²) in [7, 11) is -3.87. The van der Waals surface area contributed by atoms with E-state index in [2.05, 4.69) is 17.4 Å². The highest BCUT2D eigenvalue weighted by atomic mass is 35.5. The molecule has 26 heavy (non-hydrogen) atoms. The minimum Gasteiger partial charge on any atom is -0.387 e. The lowest BCUT2D eigenvalue weighted by Crippen LogP contribution is -2.31. The molecule has 0 spiro atoms. The summed E-state index contributed by atoms with van der Waals surface area (Å²) in [5.41, 5.74) is 1.68. The molecule has 0 saturated carbocycles. The highest BCUT2D eigenvalue weighted by molar-refractivity contribution is 7.89. The molecule has 0 heterocycles. The van der Waals surface area contributed by atoms with Crippen molar-refractivity contribution in [1.29, 1.82) is 0 Å². The molecule has 2 unspecified atom stereocenters. The van der Waals surface area contributed by atoms with Crippen LogP contribution in [0.3, 0.4) is 0 Å². The number of nitrogens with two attached hydrogens (primary N) is 1. The zero-order chi connectivity index (χ0) is 18.4. The highest BCUT2D eigenvalue weighted by Gasteiger charge is 2.15. The Kier molecular flexibility index (Phi) is 9.03. The lowest BCUT2D eigenvalue weighted by atomic mass is 10.1. The second-order valence-corrected chi connectivity index (χ2v) is 8.11. The first-order valence-electron chi connectivity index (χ1n) is 8.04. The first kappa shape index (κ1) is 22.9. The number of aryl methyl sites for hydroxylation is 1. The Morgan fingerprint density at radius 1 is 1.19 bits per heavy atom. The molecule has 0 saturated heterocycles. The zero-order valence-electron chi connectivity index (χ0n) is 14.4. The van der Waals surface area contributed by atoms with Gasteiger partial charge in [-0.3, -0.25) is 0 Å². The molecular formula is C18H24Cl2N2O3S. The number of hydrogen-bond acceptors (Lipinski definition) is 4. The van der Waals surface area contributed by atoms with Gasteiger partial charge in [-0.05, 0) is 49.1 Å². The smallest absolute Gasteiger partial charge is 0.238 e. The minimum absolute atomic E-state index is 0. The fourth-order valence-electron chi connectivity index (χ4n) is 2.50. The molecule has 0 aromatic heterocycles. The van der Waals surface area contributed by atoms with Gasteiger partial charge in [-0.15, -0.1) is 12.4 Å². The predicted molar refractivity (Wildman–Crippen MR) is 107 cm³/mol. The number of sulfonamides is 1. The summed E-state index contributed by atoms with van der Waals surface area (Å²) in [5.74, 6) is 0. The average molecular weight is 419 g/mol. The van der Waals surface area contributed by atoms with Gasteiger partial charge in [0.05, 0.1) is 11.0 Å². The number of benzene rings is 2. The van der Waals surface area contributed by atoms with Crippen molar-refractivity contribution < 1.29 is 13.5 Å². The van der Waals surface area contributed by atoms with Gasteiger partial charge in [0.25, 0.3) is 0 Å². The molecule has 0 radical (unpaired) electrons. The summed E-state index contributed by atoms with van der Waals surface area (Å²) in [6, 6.07) is 14.5. The van der Waals surface area contributed by atoms with E-state index in [1.165, 1.54) is 23.8 Å². The van der Waals surface area contributed by atoms with E-state index in [0.29, 0.717) is 12.1 Å². The van der Waals surface area contributed by atoms with Gasteiger partial charge in [0.1, 0.15) is 0 Å². The van der Waals surface area contributed by atoms with Crippen molar-refractivity contribution in [2.24, 2.45) is 5.14 Å². The normalized spacial score (nSPS) is 13.7. The number of aliphatic hydroxyl groups excluding tert-OH is 1. The van der Waals surface area contributed by atoms with Gasteiger partial charge >= 0.3 is 0 Å². The van der Waals surface area contributed by atoms with Crippen LogP contribution in [0, 0.1) is 0 Å². The van der Waals surface area contributed by atoms with Crippen molar-refractivity contribution in [3.05, 3.63) is 64.7 Å². The van der Waals surface area contributed by atoms with E-state index in [-0.39, 0.29) is 28.4 Å². The molecule has 2 atom stereocenters. The number of rotatable bonds is 8. The van der Waals surface area contributed by atoms with Crippen LogP contribution < -0.4 is 10.5 Å². The predicted octanol–water partition coefficient (Wildman–Crippen LogP) is 3.05. The Balaban J connectivity index is 0.00000338. The van der Waals surface area contributed by atoms with E-state index in [9.17, 15) is 13.5 Å². The third-order valence-corrected chi connectivity index (χ3v) is 5.09. The lowest BCUT2D eigenvalue weighted by Gasteiger charge is -2.18. The maximum Gasteiger partial charge on any atom is 0.238 e. The van der Waals surface area contributed by atoms with E-state index >= 15 is 0 Å². The Bertz CT molecular complexity index is 801. The fourth-order valence-corrected chi connectivity index (χ4v) is 3.40. The van der Waals surface area contributed by atoms with Crippen molar-refractivity contribution in [3.63, 3.8) is 0 Å². The number of primary sulfonamides is 1. The molecule has 0 bridgehead atoms. The molecule has 0 aliphatic carbocycles. The van der Waals surface area contributed by atoms with Crippen molar-refractivity contribution in [3.8, 4) is 0 Å². The lowest BCUT2D eigenvalue weighted by molar-refractivity contribution is 0.170. The summed E-state index contributed by atoms with van der Waals surface area (Å²) < 4.78 is 22.9. The van der Waals surface area contributed by atoms with Crippen LogP contribution in [0.5, 0.6) is 0 Å². The average Bonchev–Trinajstić information content (AvgIpc) is 2.57.